The first-order chi connectivity index (χ1) is 15.7. The molecule has 0 atom stereocenters. The first-order valence-corrected chi connectivity index (χ1v) is 10.1. The standard InChI is InChI=1S/C24H18N6O2/c31-21(13-16-6-4-12-26-16)17-7-1-9-19-22(17)29-24(28-19)30-23(32)20-10-2-8-18(27-20)15-5-3-11-25-14-15/h1-5,7-12,14H,6,13H2,(H2,28,29,30,32). The Balaban J connectivity index is 1.38. The maximum atomic E-state index is 12.8. The molecule has 1 amide bonds. The van der Waals surface area contributed by atoms with Gasteiger partial charge in [-0.1, -0.05) is 18.2 Å². The summed E-state index contributed by atoms with van der Waals surface area (Å²) in [6.45, 7) is 0. The number of rotatable bonds is 6. The third-order valence-electron chi connectivity index (χ3n) is 5.06. The molecule has 4 heterocycles. The van der Waals surface area contributed by atoms with Crippen molar-refractivity contribution < 1.29 is 9.59 Å². The summed E-state index contributed by atoms with van der Waals surface area (Å²) in [6.07, 6.45) is 7.93. The molecule has 156 valence electrons. The number of benzene rings is 1. The van der Waals surface area contributed by atoms with E-state index in [0.29, 0.717) is 28.7 Å². The largest absolute Gasteiger partial charge is 0.324 e. The van der Waals surface area contributed by atoms with Gasteiger partial charge in [0.05, 0.1) is 11.2 Å². The minimum atomic E-state index is -0.408. The zero-order chi connectivity index (χ0) is 21.9. The SMILES string of the molecule is O=C(Nc1nc2c(C(=O)CC3=NC=CC3)cccc2[nH]1)c1cccc(-c2cccnc2)n1. The number of imidazole rings is 1. The number of nitrogens with zero attached hydrogens (tertiary/aromatic N) is 4. The zero-order valence-corrected chi connectivity index (χ0v) is 16.9. The van der Waals surface area contributed by atoms with E-state index >= 15 is 0 Å². The number of H-pyrrole nitrogens is 1. The van der Waals surface area contributed by atoms with E-state index < -0.39 is 5.91 Å². The van der Waals surface area contributed by atoms with Gasteiger partial charge < -0.3 is 4.98 Å². The molecule has 2 N–H and O–H groups in total. The van der Waals surface area contributed by atoms with Gasteiger partial charge in [-0.3, -0.25) is 24.9 Å². The molecule has 0 aliphatic carbocycles. The van der Waals surface area contributed by atoms with Gasteiger partial charge in [0.15, 0.2) is 5.78 Å². The molecule has 0 unspecified atom stereocenters. The van der Waals surface area contributed by atoms with E-state index in [-0.39, 0.29) is 23.8 Å². The van der Waals surface area contributed by atoms with Gasteiger partial charge >= 0.3 is 0 Å². The molecule has 8 heteroatoms. The summed E-state index contributed by atoms with van der Waals surface area (Å²) in [5, 5.41) is 2.74. The second-order valence-electron chi connectivity index (χ2n) is 7.28. The van der Waals surface area contributed by atoms with Gasteiger partial charge in [0.25, 0.3) is 5.91 Å². The Morgan fingerprint density at radius 2 is 1.94 bits per heavy atom. The Bertz CT molecular complexity index is 1390. The number of carbonyl (C=O) groups is 2. The molecule has 0 saturated carbocycles. The summed E-state index contributed by atoms with van der Waals surface area (Å²) >= 11 is 0. The Morgan fingerprint density at radius 3 is 2.75 bits per heavy atom. The molecule has 0 spiro atoms. The van der Waals surface area contributed by atoms with Crippen molar-refractivity contribution in [2.45, 2.75) is 12.8 Å². The van der Waals surface area contributed by atoms with Crippen LogP contribution in [-0.2, 0) is 0 Å². The number of carbonyl (C=O) groups excluding carboxylic acids is 2. The summed E-state index contributed by atoms with van der Waals surface area (Å²) in [7, 11) is 0. The second-order valence-corrected chi connectivity index (χ2v) is 7.28. The van der Waals surface area contributed by atoms with Crippen molar-refractivity contribution in [1.82, 2.24) is 19.9 Å². The quantitative estimate of drug-likeness (QED) is 0.452. The Morgan fingerprint density at radius 1 is 1.03 bits per heavy atom. The molecule has 4 aromatic rings. The van der Waals surface area contributed by atoms with Crippen LogP contribution < -0.4 is 5.32 Å². The van der Waals surface area contributed by atoms with Crippen LogP contribution in [0.4, 0.5) is 5.95 Å². The summed E-state index contributed by atoms with van der Waals surface area (Å²) in [6, 6.07) is 14.2. The number of Topliss-reactive ketones (excluding diaryl/α,β-unsaturated/α-hetero) is 1. The average molecular weight is 422 g/mol. The maximum Gasteiger partial charge on any atom is 0.276 e. The van der Waals surface area contributed by atoms with Crippen LogP contribution >= 0.6 is 0 Å². The highest BCUT2D eigenvalue weighted by Crippen LogP contribution is 2.22. The normalized spacial score (nSPS) is 12.7. The van der Waals surface area contributed by atoms with Crippen LogP contribution in [0.5, 0.6) is 0 Å². The van der Waals surface area contributed by atoms with E-state index in [0.717, 1.165) is 11.3 Å². The van der Waals surface area contributed by atoms with Gasteiger partial charge in [-0.25, -0.2) is 9.97 Å². The zero-order valence-electron chi connectivity index (χ0n) is 16.9. The Hall–Kier alpha value is -4.46. The summed E-state index contributed by atoms with van der Waals surface area (Å²) in [4.78, 5) is 45.8. The van der Waals surface area contributed by atoms with E-state index in [4.69, 9.17) is 0 Å². The first kappa shape index (κ1) is 19.5. The van der Waals surface area contributed by atoms with Crippen molar-refractivity contribution in [2.75, 3.05) is 5.32 Å². The van der Waals surface area contributed by atoms with Crippen molar-refractivity contribution in [2.24, 2.45) is 4.99 Å². The lowest BCUT2D eigenvalue weighted by Crippen LogP contribution is -2.14. The Labute approximate surface area is 183 Å². The van der Waals surface area contributed by atoms with E-state index in [2.05, 4.69) is 30.2 Å². The average Bonchev–Trinajstić information content (AvgIpc) is 3.48. The highest BCUT2D eigenvalue weighted by atomic mass is 16.2. The molecule has 3 aromatic heterocycles. The van der Waals surface area contributed by atoms with Crippen LogP contribution in [0, 0.1) is 0 Å². The number of aliphatic imine (C=N–C) groups is 1. The lowest BCUT2D eigenvalue weighted by molar-refractivity contribution is 0.0998. The van der Waals surface area contributed by atoms with Crippen LogP contribution in [-0.4, -0.2) is 37.3 Å². The summed E-state index contributed by atoms with van der Waals surface area (Å²) in [5.74, 6) is -0.221. The lowest BCUT2D eigenvalue weighted by atomic mass is 10.0. The molecule has 0 fully saturated rings. The third-order valence-corrected chi connectivity index (χ3v) is 5.06. The fraction of sp³-hybridized carbons (Fsp3) is 0.0833. The molecular formula is C24H18N6O2. The number of aromatic amines is 1. The van der Waals surface area contributed by atoms with E-state index in [1.807, 2.05) is 30.3 Å². The molecule has 32 heavy (non-hydrogen) atoms. The van der Waals surface area contributed by atoms with Crippen LogP contribution in [0.1, 0.15) is 33.7 Å². The third kappa shape index (κ3) is 3.93. The predicted molar refractivity (Wildman–Crippen MR) is 122 cm³/mol. The van der Waals surface area contributed by atoms with Crippen LogP contribution in [0.3, 0.4) is 0 Å². The number of anilines is 1. The van der Waals surface area contributed by atoms with Crippen molar-refractivity contribution in [3.63, 3.8) is 0 Å². The second kappa shape index (κ2) is 8.35. The van der Waals surface area contributed by atoms with Gasteiger partial charge in [0.2, 0.25) is 5.95 Å². The lowest BCUT2D eigenvalue weighted by Gasteiger charge is -2.04. The van der Waals surface area contributed by atoms with Gasteiger partial charge in [0.1, 0.15) is 11.2 Å². The number of aromatic nitrogens is 4. The molecular weight excluding hydrogens is 404 g/mol. The number of para-hydroxylation sites is 1. The Kier molecular flexibility index (Phi) is 5.09. The van der Waals surface area contributed by atoms with E-state index in [1.54, 1.807) is 42.9 Å². The molecule has 0 bridgehead atoms. The number of hydrogen-bond donors (Lipinski definition) is 2. The van der Waals surface area contributed by atoms with Gasteiger partial charge in [-0.05, 0) is 36.4 Å². The van der Waals surface area contributed by atoms with E-state index in [1.165, 1.54) is 0 Å². The topological polar surface area (TPSA) is 113 Å². The van der Waals surface area contributed by atoms with Crippen molar-refractivity contribution in [3.8, 4) is 11.3 Å². The number of ketones is 1. The fourth-order valence-corrected chi connectivity index (χ4v) is 3.52. The molecule has 0 radical (unpaired) electrons. The highest BCUT2D eigenvalue weighted by molar-refractivity contribution is 6.15. The monoisotopic (exact) mass is 422 g/mol. The predicted octanol–water partition coefficient (Wildman–Crippen LogP) is 4.20. The van der Waals surface area contributed by atoms with Crippen LogP contribution in [0.25, 0.3) is 22.3 Å². The number of amides is 1. The highest BCUT2D eigenvalue weighted by Gasteiger charge is 2.18. The number of hydrogen-bond acceptors (Lipinski definition) is 6. The van der Waals surface area contributed by atoms with Crippen molar-refractivity contribution in [3.05, 3.63) is 84.5 Å². The number of allylic oxidation sites excluding steroid dienone is 1. The molecule has 8 nitrogen and oxygen atoms in total. The fourth-order valence-electron chi connectivity index (χ4n) is 3.52. The van der Waals surface area contributed by atoms with Crippen molar-refractivity contribution in [1.29, 1.82) is 0 Å². The number of pyridine rings is 2. The van der Waals surface area contributed by atoms with Gasteiger partial charge in [-0.15, -0.1) is 0 Å². The van der Waals surface area contributed by atoms with Gasteiger partial charge in [0, 0.05) is 48.3 Å². The molecule has 1 aliphatic heterocycles. The minimum Gasteiger partial charge on any atom is -0.324 e. The summed E-state index contributed by atoms with van der Waals surface area (Å²) in [5.41, 5.74) is 4.20. The first-order valence-electron chi connectivity index (χ1n) is 10.1. The molecule has 1 aliphatic rings. The molecule has 1 aromatic carbocycles. The van der Waals surface area contributed by atoms with E-state index in [9.17, 15) is 9.59 Å². The molecule has 0 saturated heterocycles. The minimum absolute atomic E-state index is 0.0618. The van der Waals surface area contributed by atoms with Gasteiger partial charge in [-0.2, -0.15) is 0 Å². The number of nitrogens with one attached hydrogen (secondary N) is 2. The van der Waals surface area contributed by atoms with Crippen LogP contribution in [0.2, 0.25) is 0 Å². The smallest absolute Gasteiger partial charge is 0.276 e. The maximum absolute atomic E-state index is 12.8. The van der Waals surface area contributed by atoms with Crippen molar-refractivity contribution >= 4 is 34.4 Å². The molecule has 5 rings (SSSR count). The number of fused-ring (bicyclic) bond motifs is 1. The summed E-state index contributed by atoms with van der Waals surface area (Å²) < 4.78 is 0. The van der Waals surface area contributed by atoms with Crippen LogP contribution in [0.15, 0.2) is 78.2 Å².